The fraction of sp³-hybridized carbons (Fsp3) is 0.214. The van der Waals surface area contributed by atoms with E-state index in [1.807, 2.05) is 19.2 Å². The molecule has 17 heavy (non-hydrogen) atoms. The molecule has 0 bridgehead atoms. The molecule has 2 rings (SSSR count). The predicted molar refractivity (Wildman–Crippen MR) is 66.1 cm³/mol. The van der Waals surface area contributed by atoms with Crippen LogP contribution in [0.15, 0.2) is 41.3 Å². The van der Waals surface area contributed by atoms with Crippen LogP contribution in [0.3, 0.4) is 0 Å². The highest BCUT2D eigenvalue weighted by molar-refractivity contribution is 5.34. The van der Waals surface area contributed by atoms with E-state index >= 15 is 0 Å². The van der Waals surface area contributed by atoms with Gasteiger partial charge in [-0.2, -0.15) is 0 Å². The summed E-state index contributed by atoms with van der Waals surface area (Å²) in [5, 5.41) is 0. The number of halogens is 1. The van der Waals surface area contributed by atoms with E-state index in [9.17, 15) is 9.18 Å². The van der Waals surface area contributed by atoms with Crippen molar-refractivity contribution in [3.05, 3.63) is 63.8 Å². The van der Waals surface area contributed by atoms with E-state index in [1.54, 1.807) is 23.6 Å². The molecule has 0 N–H and O–H groups in total. The van der Waals surface area contributed by atoms with Crippen LogP contribution < -0.4 is 5.56 Å². The Morgan fingerprint density at radius 3 is 2.47 bits per heavy atom. The van der Waals surface area contributed by atoms with Crippen LogP contribution in [-0.4, -0.2) is 4.57 Å². The van der Waals surface area contributed by atoms with Gasteiger partial charge in [-0.3, -0.25) is 9.36 Å². The largest absolute Gasteiger partial charge is 0.284 e. The van der Waals surface area contributed by atoms with Gasteiger partial charge in [0.15, 0.2) is 0 Å². The summed E-state index contributed by atoms with van der Waals surface area (Å²) >= 11 is 0. The smallest absolute Gasteiger partial charge is 0.257 e. The van der Waals surface area contributed by atoms with Gasteiger partial charge in [-0.25, -0.2) is 4.39 Å². The molecule has 3 heteroatoms. The summed E-state index contributed by atoms with van der Waals surface area (Å²) in [6.45, 7) is 3.83. The molecule has 1 heterocycles. The van der Waals surface area contributed by atoms with Crippen LogP contribution in [0.5, 0.6) is 0 Å². The minimum atomic E-state index is -0.301. The highest BCUT2D eigenvalue weighted by Crippen LogP contribution is 2.09. The zero-order chi connectivity index (χ0) is 12.4. The van der Waals surface area contributed by atoms with E-state index in [4.69, 9.17) is 0 Å². The fourth-order valence-electron chi connectivity index (χ4n) is 1.78. The Balaban J connectivity index is 2.62. The maximum atomic E-state index is 12.8. The minimum Gasteiger partial charge on any atom is -0.284 e. The van der Waals surface area contributed by atoms with E-state index in [0.717, 1.165) is 12.0 Å². The summed E-state index contributed by atoms with van der Waals surface area (Å²) in [5.74, 6) is -0.301. The van der Waals surface area contributed by atoms with Crippen molar-refractivity contribution < 1.29 is 4.39 Å². The Hall–Kier alpha value is -1.90. The first-order chi connectivity index (χ1) is 8.11. The van der Waals surface area contributed by atoms with E-state index in [0.29, 0.717) is 11.3 Å². The van der Waals surface area contributed by atoms with Gasteiger partial charge in [-0.05, 0) is 49.2 Å². The number of benzene rings is 1. The summed E-state index contributed by atoms with van der Waals surface area (Å²) in [7, 11) is 0. The van der Waals surface area contributed by atoms with Crippen LogP contribution in [0.25, 0.3) is 5.69 Å². The third kappa shape index (κ3) is 2.28. The number of hydrogen-bond donors (Lipinski definition) is 0. The summed E-state index contributed by atoms with van der Waals surface area (Å²) in [6, 6.07) is 7.82. The second-order valence-electron chi connectivity index (χ2n) is 4.04. The number of aryl methyl sites for hydroxylation is 2. The highest BCUT2D eigenvalue weighted by Gasteiger charge is 2.04. The van der Waals surface area contributed by atoms with E-state index in [-0.39, 0.29) is 11.4 Å². The second kappa shape index (κ2) is 4.53. The Morgan fingerprint density at radius 1 is 1.24 bits per heavy atom. The van der Waals surface area contributed by atoms with Crippen LogP contribution in [0, 0.1) is 12.7 Å². The number of pyridine rings is 1. The van der Waals surface area contributed by atoms with Gasteiger partial charge in [-0.1, -0.05) is 6.92 Å². The van der Waals surface area contributed by atoms with Gasteiger partial charge in [0.25, 0.3) is 5.56 Å². The number of nitrogens with zero attached hydrogens (tertiary/aromatic N) is 1. The third-order valence-electron chi connectivity index (χ3n) is 2.77. The lowest BCUT2D eigenvalue weighted by molar-refractivity contribution is 0.627. The van der Waals surface area contributed by atoms with Crippen molar-refractivity contribution in [2.45, 2.75) is 20.3 Å². The zero-order valence-electron chi connectivity index (χ0n) is 9.90. The third-order valence-corrected chi connectivity index (χ3v) is 2.77. The van der Waals surface area contributed by atoms with Gasteiger partial charge in [-0.15, -0.1) is 0 Å². The summed E-state index contributed by atoms with van der Waals surface area (Å²) in [5.41, 5.74) is 2.42. The highest BCUT2D eigenvalue weighted by atomic mass is 19.1. The molecule has 2 aromatic rings. The molecule has 0 saturated carbocycles. The lowest BCUT2D eigenvalue weighted by atomic mass is 10.1. The molecule has 0 fully saturated rings. The van der Waals surface area contributed by atoms with Crippen molar-refractivity contribution in [1.29, 1.82) is 0 Å². The maximum Gasteiger partial charge on any atom is 0.257 e. The Kier molecular flexibility index (Phi) is 3.09. The number of rotatable bonds is 2. The average molecular weight is 231 g/mol. The molecule has 0 aliphatic heterocycles. The minimum absolute atomic E-state index is 0.0613. The first-order valence-electron chi connectivity index (χ1n) is 5.60. The van der Waals surface area contributed by atoms with Gasteiger partial charge in [0, 0.05) is 17.4 Å². The fourth-order valence-corrected chi connectivity index (χ4v) is 1.78. The molecule has 88 valence electrons. The van der Waals surface area contributed by atoms with Crippen LogP contribution in [0.4, 0.5) is 4.39 Å². The molecule has 0 spiro atoms. The van der Waals surface area contributed by atoms with E-state index < -0.39 is 0 Å². The van der Waals surface area contributed by atoms with Crippen molar-refractivity contribution in [2.24, 2.45) is 0 Å². The van der Waals surface area contributed by atoms with Crippen molar-refractivity contribution in [2.75, 3.05) is 0 Å². The van der Waals surface area contributed by atoms with Crippen molar-refractivity contribution in [3.63, 3.8) is 0 Å². The van der Waals surface area contributed by atoms with Crippen LogP contribution in [0.1, 0.15) is 18.1 Å². The monoisotopic (exact) mass is 231 g/mol. The summed E-state index contributed by atoms with van der Waals surface area (Å²) in [4.78, 5) is 12.0. The normalized spacial score (nSPS) is 10.5. The lowest BCUT2D eigenvalue weighted by Gasteiger charge is -2.09. The number of aromatic nitrogens is 1. The molecule has 0 aliphatic carbocycles. The average Bonchev–Trinajstić information content (AvgIpc) is 2.34. The topological polar surface area (TPSA) is 22.0 Å². The SMILES string of the molecule is CCc1cc(C)c(=O)n(-c2ccc(F)cc2)c1. The van der Waals surface area contributed by atoms with Crippen LogP contribution >= 0.6 is 0 Å². The molecule has 0 unspecified atom stereocenters. The Labute approximate surface area is 99.3 Å². The molecule has 0 amide bonds. The lowest BCUT2D eigenvalue weighted by Crippen LogP contribution is -2.20. The van der Waals surface area contributed by atoms with Gasteiger partial charge in [0.1, 0.15) is 5.82 Å². The molecule has 0 radical (unpaired) electrons. The van der Waals surface area contributed by atoms with Crippen molar-refractivity contribution in [1.82, 2.24) is 4.57 Å². The van der Waals surface area contributed by atoms with Gasteiger partial charge >= 0.3 is 0 Å². The molecule has 0 saturated heterocycles. The molecule has 1 aromatic heterocycles. The van der Waals surface area contributed by atoms with E-state index in [1.165, 1.54) is 12.1 Å². The maximum absolute atomic E-state index is 12.8. The zero-order valence-corrected chi connectivity index (χ0v) is 9.90. The molecule has 1 aromatic carbocycles. The molecule has 0 aliphatic rings. The standard InChI is InChI=1S/C14H14FNO/c1-3-11-8-10(2)14(17)16(9-11)13-6-4-12(15)5-7-13/h4-9H,3H2,1-2H3. The van der Waals surface area contributed by atoms with Crippen LogP contribution in [0.2, 0.25) is 0 Å². The first-order valence-corrected chi connectivity index (χ1v) is 5.60. The Morgan fingerprint density at radius 2 is 1.88 bits per heavy atom. The molecular weight excluding hydrogens is 217 g/mol. The summed E-state index contributed by atoms with van der Waals surface area (Å²) in [6.07, 6.45) is 2.67. The Bertz CT molecular complexity index is 584. The van der Waals surface area contributed by atoms with Gasteiger partial charge < -0.3 is 0 Å². The summed E-state index contributed by atoms with van der Waals surface area (Å²) < 4.78 is 14.4. The van der Waals surface area contributed by atoms with Gasteiger partial charge in [0.05, 0.1) is 0 Å². The second-order valence-corrected chi connectivity index (χ2v) is 4.04. The van der Waals surface area contributed by atoms with Crippen molar-refractivity contribution >= 4 is 0 Å². The first kappa shape index (κ1) is 11.6. The van der Waals surface area contributed by atoms with E-state index in [2.05, 4.69) is 0 Å². The molecule has 2 nitrogen and oxygen atoms in total. The number of hydrogen-bond acceptors (Lipinski definition) is 1. The van der Waals surface area contributed by atoms with Crippen molar-refractivity contribution in [3.8, 4) is 5.69 Å². The van der Waals surface area contributed by atoms with Crippen LogP contribution in [-0.2, 0) is 6.42 Å². The predicted octanol–water partition coefficient (Wildman–Crippen LogP) is 2.85. The quantitative estimate of drug-likeness (QED) is 0.779. The molecule has 0 atom stereocenters. The van der Waals surface area contributed by atoms with Gasteiger partial charge in [0.2, 0.25) is 0 Å². The molecular formula is C14H14FNO.